The second-order valence-electron chi connectivity index (χ2n) is 4.37. The third kappa shape index (κ3) is 3.04. The lowest BCUT2D eigenvalue weighted by atomic mass is 10.0. The zero-order valence-corrected chi connectivity index (χ0v) is 10.3. The first kappa shape index (κ1) is 12.5. The molecule has 2 heteroatoms. The van der Waals surface area contributed by atoms with E-state index in [-0.39, 0.29) is 11.6 Å². The Balaban J connectivity index is 1.99. The fraction of sp³-hybridized carbons (Fsp3) is 0.188. The van der Waals surface area contributed by atoms with Gasteiger partial charge in [0.15, 0.2) is 5.78 Å². The maximum atomic E-state index is 13.1. The molecule has 0 radical (unpaired) electrons. The maximum Gasteiger partial charge on any atom is 0.163 e. The number of carbonyl (C=O) groups is 1. The van der Waals surface area contributed by atoms with Crippen LogP contribution in [0.25, 0.3) is 0 Å². The fourth-order valence-corrected chi connectivity index (χ4v) is 1.89. The first-order valence-corrected chi connectivity index (χ1v) is 6.00. The number of hydrogen-bond donors (Lipinski definition) is 0. The molecule has 18 heavy (non-hydrogen) atoms. The van der Waals surface area contributed by atoms with E-state index in [1.165, 1.54) is 6.07 Å². The number of carbonyl (C=O) groups excluding carboxylic acids is 1. The van der Waals surface area contributed by atoms with E-state index in [0.717, 1.165) is 11.1 Å². The number of ketones is 1. The van der Waals surface area contributed by atoms with Crippen molar-refractivity contribution in [1.29, 1.82) is 0 Å². The van der Waals surface area contributed by atoms with Gasteiger partial charge in [-0.15, -0.1) is 0 Å². The van der Waals surface area contributed by atoms with Crippen LogP contribution >= 0.6 is 0 Å². The molecule has 2 aromatic rings. The summed E-state index contributed by atoms with van der Waals surface area (Å²) in [5.74, 6) is -0.0780. The van der Waals surface area contributed by atoms with Crippen LogP contribution < -0.4 is 0 Å². The Kier molecular flexibility index (Phi) is 3.88. The van der Waals surface area contributed by atoms with Gasteiger partial charge in [-0.05, 0) is 30.5 Å². The molecule has 0 atom stereocenters. The summed E-state index contributed by atoms with van der Waals surface area (Å²) in [7, 11) is 0. The lowest BCUT2D eigenvalue weighted by molar-refractivity contribution is 0.0983. The molecular formula is C16H15FO. The summed E-state index contributed by atoms with van der Waals surface area (Å²) >= 11 is 0. The molecule has 0 fully saturated rings. The number of Topliss-reactive ketones (excluding diaryl/α,β-unsaturated/α-hetero) is 1. The number of benzene rings is 2. The van der Waals surface area contributed by atoms with Crippen LogP contribution in [-0.4, -0.2) is 5.78 Å². The number of hydrogen-bond acceptors (Lipinski definition) is 1. The highest BCUT2D eigenvalue weighted by atomic mass is 19.1. The largest absolute Gasteiger partial charge is 0.294 e. The molecule has 0 aliphatic heterocycles. The molecule has 0 saturated carbocycles. The molecule has 0 heterocycles. The summed E-state index contributed by atoms with van der Waals surface area (Å²) in [6.07, 6.45) is 1.10. The zero-order chi connectivity index (χ0) is 13.0. The fourth-order valence-electron chi connectivity index (χ4n) is 1.89. The maximum absolute atomic E-state index is 13.1. The minimum absolute atomic E-state index is 0.123. The Morgan fingerprint density at radius 2 is 1.83 bits per heavy atom. The molecule has 0 bridgehead atoms. The van der Waals surface area contributed by atoms with Gasteiger partial charge in [0.05, 0.1) is 0 Å². The second kappa shape index (κ2) is 5.58. The van der Waals surface area contributed by atoms with Crippen molar-refractivity contribution < 1.29 is 9.18 Å². The van der Waals surface area contributed by atoms with Gasteiger partial charge in [-0.2, -0.15) is 0 Å². The van der Waals surface area contributed by atoms with Crippen LogP contribution in [0.2, 0.25) is 0 Å². The van der Waals surface area contributed by atoms with Gasteiger partial charge in [0.2, 0.25) is 0 Å². The lowest BCUT2D eigenvalue weighted by Crippen LogP contribution is -2.01. The van der Waals surface area contributed by atoms with Crippen molar-refractivity contribution in [3.05, 3.63) is 71.0 Å². The highest BCUT2D eigenvalue weighted by molar-refractivity contribution is 5.96. The van der Waals surface area contributed by atoms with Gasteiger partial charge in [-0.3, -0.25) is 4.79 Å². The summed E-state index contributed by atoms with van der Waals surface area (Å²) in [6.45, 7) is 1.73. The minimum atomic E-state index is -0.201. The van der Waals surface area contributed by atoms with Crippen molar-refractivity contribution in [3.63, 3.8) is 0 Å². The van der Waals surface area contributed by atoms with Gasteiger partial charge >= 0.3 is 0 Å². The molecule has 92 valence electrons. The average Bonchev–Trinajstić information content (AvgIpc) is 2.41. The van der Waals surface area contributed by atoms with Gasteiger partial charge in [-0.25, -0.2) is 4.39 Å². The van der Waals surface area contributed by atoms with E-state index in [0.29, 0.717) is 18.4 Å². The molecule has 0 spiro atoms. The van der Waals surface area contributed by atoms with E-state index in [1.807, 2.05) is 30.3 Å². The van der Waals surface area contributed by atoms with E-state index >= 15 is 0 Å². The molecule has 0 saturated heterocycles. The molecule has 0 aliphatic carbocycles. The third-order valence-electron chi connectivity index (χ3n) is 2.96. The molecule has 2 rings (SSSR count). The van der Waals surface area contributed by atoms with Crippen molar-refractivity contribution in [3.8, 4) is 0 Å². The van der Waals surface area contributed by atoms with Crippen LogP contribution in [0.15, 0.2) is 48.5 Å². The van der Waals surface area contributed by atoms with Gasteiger partial charge in [0, 0.05) is 12.0 Å². The van der Waals surface area contributed by atoms with E-state index in [1.54, 1.807) is 19.1 Å². The van der Waals surface area contributed by atoms with Gasteiger partial charge < -0.3 is 0 Å². The molecule has 0 aromatic heterocycles. The number of rotatable bonds is 4. The predicted molar refractivity (Wildman–Crippen MR) is 70.2 cm³/mol. The summed E-state index contributed by atoms with van der Waals surface area (Å²) in [5.41, 5.74) is 2.36. The van der Waals surface area contributed by atoms with Crippen LogP contribution in [0.5, 0.6) is 0 Å². The molecule has 0 amide bonds. The summed E-state index contributed by atoms with van der Waals surface area (Å²) in [5, 5.41) is 0. The molecule has 0 aliphatic rings. The first-order valence-electron chi connectivity index (χ1n) is 6.00. The zero-order valence-electron chi connectivity index (χ0n) is 10.3. The Labute approximate surface area is 106 Å². The monoisotopic (exact) mass is 242 g/mol. The van der Waals surface area contributed by atoms with Crippen LogP contribution in [0.1, 0.15) is 27.9 Å². The summed E-state index contributed by atoms with van der Waals surface area (Å²) in [6, 6.07) is 14.2. The van der Waals surface area contributed by atoms with Crippen molar-refractivity contribution in [2.24, 2.45) is 0 Å². The normalized spacial score (nSPS) is 10.3. The quantitative estimate of drug-likeness (QED) is 0.742. The van der Waals surface area contributed by atoms with Crippen LogP contribution in [0.3, 0.4) is 0 Å². The van der Waals surface area contributed by atoms with Gasteiger partial charge in [0.25, 0.3) is 0 Å². The molecule has 2 aromatic carbocycles. The third-order valence-corrected chi connectivity index (χ3v) is 2.96. The van der Waals surface area contributed by atoms with Crippen molar-refractivity contribution in [2.45, 2.75) is 19.8 Å². The Bertz CT molecular complexity index is 546. The van der Waals surface area contributed by atoms with Crippen molar-refractivity contribution in [1.82, 2.24) is 0 Å². The van der Waals surface area contributed by atoms with Crippen LogP contribution in [0.4, 0.5) is 4.39 Å². The van der Waals surface area contributed by atoms with Gasteiger partial charge in [0.1, 0.15) is 5.82 Å². The Morgan fingerprint density at radius 1 is 1.11 bits per heavy atom. The smallest absolute Gasteiger partial charge is 0.163 e. The van der Waals surface area contributed by atoms with E-state index in [2.05, 4.69) is 0 Å². The standard InChI is InChI=1S/C16H15FO/c1-12-11-13(7-9-15(12)17)8-10-16(18)14-5-3-2-4-6-14/h2-7,9,11H,8,10H2,1H3. The number of aryl methyl sites for hydroxylation is 2. The topological polar surface area (TPSA) is 17.1 Å². The SMILES string of the molecule is Cc1cc(CCC(=O)c2ccccc2)ccc1F. The second-order valence-corrected chi connectivity index (χ2v) is 4.37. The highest BCUT2D eigenvalue weighted by Crippen LogP contribution is 2.12. The van der Waals surface area contributed by atoms with Crippen LogP contribution in [-0.2, 0) is 6.42 Å². The first-order chi connectivity index (χ1) is 8.66. The molecule has 0 unspecified atom stereocenters. The van der Waals surface area contributed by atoms with E-state index in [9.17, 15) is 9.18 Å². The lowest BCUT2D eigenvalue weighted by Gasteiger charge is -2.03. The van der Waals surface area contributed by atoms with E-state index in [4.69, 9.17) is 0 Å². The van der Waals surface area contributed by atoms with Crippen molar-refractivity contribution in [2.75, 3.05) is 0 Å². The highest BCUT2D eigenvalue weighted by Gasteiger charge is 2.06. The Morgan fingerprint density at radius 3 is 2.50 bits per heavy atom. The molecule has 0 N–H and O–H groups in total. The Hall–Kier alpha value is -1.96. The van der Waals surface area contributed by atoms with E-state index < -0.39 is 0 Å². The molecular weight excluding hydrogens is 227 g/mol. The van der Waals surface area contributed by atoms with Crippen LogP contribution in [0, 0.1) is 12.7 Å². The number of halogens is 1. The average molecular weight is 242 g/mol. The summed E-state index contributed by atoms with van der Waals surface area (Å²) < 4.78 is 13.1. The predicted octanol–water partition coefficient (Wildman–Crippen LogP) is 3.95. The minimum Gasteiger partial charge on any atom is -0.294 e. The van der Waals surface area contributed by atoms with Crippen molar-refractivity contribution >= 4 is 5.78 Å². The molecule has 1 nitrogen and oxygen atoms in total. The van der Waals surface area contributed by atoms with Gasteiger partial charge in [-0.1, -0.05) is 42.5 Å². The summed E-state index contributed by atoms with van der Waals surface area (Å²) in [4.78, 5) is 11.9.